The van der Waals surface area contributed by atoms with Crippen LogP contribution in [0.3, 0.4) is 0 Å². The molecule has 0 radical (unpaired) electrons. The molecule has 7 heteroatoms. The predicted molar refractivity (Wildman–Crippen MR) is 92.1 cm³/mol. The number of nitrogens with zero attached hydrogens (tertiary/aromatic N) is 1. The van der Waals surface area contributed by atoms with Crippen LogP contribution in [0.2, 0.25) is 0 Å². The summed E-state index contributed by atoms with van der Waals surface area (Å²) in [6, 6.07) is 11.1. The van der Waals surface area contributed by atoms with Crippen LogP contribution in [0.1, 0.15) is 21.9 Å². The second-order valence-electron chi connectivity index (χ2n) is 5.37. The van der Waals surface area contributed by atoms with Crippen LogP contribution in [-0.4, -0.2) is 41.7 Å². The van der Waals surface area contributed by atoms with Crippen LogP contribution in [0.25, 0.3) is 0 Å². The number of aromatic carboxylic acids is 1. The Morgan fingerprint density at radius 2 is 2.08 bits per heavy atom. The lowest BCUT2D eigenvalue weighted by Gasteiger charge is -2.16. The molecule has 128 valence electrons. The Bertz CT molecular complexity index is 714. The average Bonchev–Trinajstić information content (AvgIpc) is 3.02. The number of likely N-dealkylation sites (N-methyl/N-ethyl adjacent to an activating group) is 1. The molecule has 1 amide bonds. The van der Waals surface area contributed by atoms with E-state index in [1.165, 1.54) is 11.0 Å². The standard InChI is InChI=1S/C17H20N2O4S/c1-19(10-12-4-3-5-14(8-12)24-2)11-16(20)18-9-13-6-7-15(23-13)17(21)22/h3-8H,9-11H2,1-2H3,(H,18,20)(H,21,22). The number of thioether (sulfide) groups is 1. The summed E-state index contributed by atoms with van der Waals surface area (Å²) in [5.41, 5.74) is 1.15. The van der Waals surface area contributed by atoms with Crippen molar-refractivity contribution in [3.05, 3.63) is 53.5 Å². The second kappa shape index (κ2) is 8.56. The van der Waals surface area contributed by atoms with Gasteiger partial charge in [-0.1, -0.05) is 12.1 Å². The van der Waals surface area contributed by atoms with Gasteiger partial charge in [0.15, 0.2) is 0 Å². The van der Waals surface area contributed by atoms with Gasteiger partial charge in [-0.25, -0.2) is 4.79 Å². The fourth-order valence-corrected chi connectivity index (χ4v) is 2.70. The largest absolute Gasteiger partial charge is 0.475 e. The van der Waals surface area contributed by atoms with Gasteiger partial charge in [0.2, 0.25) is 11.7 Å². The minimum absolute atomic E-state index is 0.134. The van der Waals surface area contributed by atoms with Crippen molar-refractivity contribution in [3.8, 4) is 0 Å². The summed E-state index contributed by atoms with van der Waals surface area (Å²) >= 11 is 1.68. The van der Waals surface area contributed by atoms with E-state index in [2.05, 4.69) is 17.4 Å². The van der Waals surface area contributed by atoms with Crippen molar-refractivity contribution in [1.82, 2.24) is 10.2 Å². The SMILES string of the molecule is CSc1cccc(CN(C)CC(=O)NCc2ccc(C(=O)O)o2)c1. The third-order valence-corrected chi connectivity index (χ3v) is 4.06. The fourth-order valence-electron chi connectivity index (χ4n) is 2.21. The maximum Gasteiger partial charge on any atom is 0.371 e. The normalized spacial score (nSPS) is 10.8. The van der Waals surface area contributed by atoms with Crippen molar-refractivity contribution in [2.45, 2.75) is 18.0 Å². The highest BCUT2D eigenvalue weighted by Gasteiger charge is 2.11. The number of carbonyl (C=O) groups excluding carboxylic acids is 1. The fraction of sp³-hybridized carbons (Fsp3) is 0.294. The Morgan fingerprint density at radius 3 is 2.75 bits per heavy atom. The van der Waals surface area contributed by atoms with Crippen LogP contribution in [0.4, 0.5) is 0 Å². The van der Waals surface area contributed by atoms with E-state index in [-0.39, 0.29) is 24.8 Å². The first-order valence-corrected chi connectivity index (χ1v) is 8.60. The van der Waals surface area contributed by atoms with Gasteiger partial charge in [0.25, 0.3) is 0 Å². The van der Waals surface area contributed by atoms with Gasteiger partial charge < -0.3 is 14.8 Å². The van der Waals surface area contributed by atoms with E-state index in [1.807, 2.05) is 30.3 Å². The molecule has 0 unspecified atom stereocenters. The Morgan fingerprint density at radius 1 is 1.29 bits per heavy atom. The molecule has 1 heterocycles. The number of furan rings is 1. The second-order valence-corrected chi connectivity index (χ2v) is 6.25. The number of hydrogen-bond acceptors (Lipinski definition) is 5. The van der Waals surface area contributed by atoms with Gasteiger partial charge in [-0.15, -0.1) is 11.8 Å². The summed E-state index contributed by atoms with van der Waals surface area (Å²) in [6.07, 6.45) is 2.03. The molecule has 0 saturated carbocycles. The molecule has 24 heavy (non-hydrogen) atoms. The van der Waals surface area contributed by atoms with Gasteiger partial charge >= 0.3 is 5.97 Å². The molecule has 0 aliphatic carbocycles. The van der Waals surface area contributed by atoms with Gasteiger partial charge in [0.1, 0.15) is 5.76 Å². The Balaban J connectivity index is 1.79. The summed E-state index contributed by atoms with van der Waals surface area (Å²) in [4.78, 5) is 25.8. The summed E-state index contributed by atoms with van der Waals surface area (Å²) in [5, 5.41) is 11.5. The zero-order valence-electron chi connectivity index (χ0n) is 13.6. The van der Waals surface area contributed by atoms with E-state index >= 15 is 0 Å². The first kappa shape index (κ1) is 18.1. The van der Waals surface area contributed by atoms with Crippen molar-refractivity contribution >= 4 is 23.6 Å². The van der Waals surface area contributed by atoms with Crippen molar-refractivity contribution < 1.29 is 19.1 Å². The molecule has 0 atom stereocenters. The van der Waals surface area contributed by atoms with Crippen molar-refractivity contribution in [3.63, 3.8) is 0 Å². The number of hydrogen-bond donors (Lipinski definition) is 2. The molecule has 2 rings (SSSR count). The number of amides is 1. The number of nitrogens with one attached hydrogen (secondary N) is 1. The molecule has 0 aliphatic rings. The zero-order valence-corrected chi connectivity index (χ0v) is 14.4. The van der Waals surface area contributed by atoms with Gasteiger partial charge in [-0.05, 0) is 43.1 Å². The first-order chi connectivity index (χ1) is 11.5. The number of carboxylic acids is 1. The number of carboxylic acid groups (broad SMARTS) is 1. The molecule has 0 spiro atoms. The van der Waals surface area contributed by atoms with Gasteiger partial charge in [-0.2, -0.15) is 0 Å². The average molecular weight is 348 g/mol. The smallest absolute Gasteiger partial charge is 0.371 e. The van der Waals surface area contributed by atoms with Gasteiger partial charge in [0.05, 0.1) is 13.1 Å². The monoisotopic (exact) mass is 348 g/mol. The first-order valence-electron chi connectivity index (χ1n) is 7.38. The van der Waals surface area contributed by atoms with E-state index in [0.717, 1.165) is 5.56 Å². The van der Waals surface area contributed by atoms with Crippen molar-refractivity contribution in [1.29, 1.82) is 0 Å². The summed E-state index contributed by atoms with van der Waals surface area (Å²) < 4.78 is 5.09. The summed E-state index contributed by atoms with van der Waals surface area (Å²) in [5.74, 6) is -0.993. The molecule has 0 bridgehead atoms. The Hall–Kier alpha value is -2.25. The number of rotatable bonds is 8. The third kappa shape index (κ3) is 5.43. The minimum Gasteiger partial charge on any atom is -0.475 e. The lowest BCUT2D eigenvalue weighted by molar-refractivity contribution is -0.122. The maximum absolute atomic E-state index is 12.0. The number of carbonyl (C=O) groups is 2. The van der Waals surface area contributed by atoms with Crippen LogP contribution < -0.4 is 5.32 Å². The van der Waals surface area contributed by atoms with E-state index in [9.17, 15) is 9.59 Å². The van der Waals surface area contributed by atoms with E-state index < -0.39 is 5.97 Å². The summed E-state index contributed by atoms with van der Waals surface area (Å²) in [6.45, 7) is 1.09. The minimum atomic E-state index is -1.13. The molecular weight excluding hydrogens is 328 g/mol. The zero-order chi connectivity index (χ0) is 17.5. The molecular formula is C17H20N2O4S. The lowest BCUT2D eigenvalue weighted by Crippen LogP contribution is -2.34. The molecule has 2 N–H and O–H groups in total. The number of benzene rings is 1. The van der Waals surface area contributed by atoms with Gasteiger partial charge in [0, 0.05) is 11.4 Å². The topological polar surface area (TPSA) is 82.8 Å². The molecule has 1 aromatic heterocycles. The van der Waals surface area contributed by atoms with E-state index in [4.69, 9.17) is 9.52 Å². The lowest BCUT2D eigenvalue weighted by atomic mass is 10.2. The van der Waals surface area contributed by atoms with E-state index in [1.54, 1.807) is 17.8 Å². The molecule has 2 aromatic rings. The molecule has 1 aromatic carbocycles. The highest BCUT2D eigenvalue weighted by Crippen LogP contribution is 2.16. The van der Waals surface area contributed by atoms with Crippen LogP contribution in [0.15, 0.2) is 45.7 Å². The molecule has 0 fully saturated rings. The Labute approximate surface area is 144 Å². The van der Waals surface area contributed by atoms with Crippen molar-refractivity contribution in [2.75, 3.05) is 19.8 Å². The summed E-state index contributed by atoms with van der Waals surface area (Å²) in [7, 11) is 1.88. The quantitative estimate of drug-likeness (QED) is 0.713. The highest BCUT2D eigenvalue weighted by molar-refractivity contribution is 7.98. The van der Waals surface area contributed by atoms with Crippen molar-refractivity contribution in [2.24, 2.45) is 0 Å². The Kier molecular flexibility index (Phi) is 6.45. The van der Waals surface area contributed by atoms with Gasteiger partial charge in [-0.3, -0.25) is 9.69 Å². The molecule has 0 aliphatic heterocycles. The van der Waals surface area contributed by atoms with Crippen LogP contribution in [-0.2, 0) is 17.9 Å². The highest BCUT2D eigenvalue weighted by atomic mass is 32.2. The van der Waals surface area contributed by atoms with Crippen LogP contribution >= 0.6 is 11.8 Å². The van der Waals surface area contributed by atoms with Crippen LogP contribution in [0, 0.1) is 0 Å². The molecule has 0 saturated heterocycles. The van der Waals surface area contributed by atoms with Crippen LogP contribution in [0.5, 0.6) is 0 Å². The predicted octanol–water partition coefficient (Wildman–Crippen LogP) is 2.45. The van der Waals surface area contributed by atoms with E-state index in [0.29, 0.717) is 12.3 Å². The third-order valence-electron chi connectivity index (χ3n) is 3.33. The molecule has 6 nitrogen and oxygen atoms in total. The maximum atomic E-state index is 12.0.